The first-order chi connectivity index (χ1) is 7.16. The third-order valence-electron chi connectivity index (χ3n) is 1.39. The van der Waals surface area contributed by atoms with Gasteiger partial charge in [0.05, 0.1) is 6.42 Å². The van der Waals surface area contributed by atoms with Crippen LogP contribution >= 0.6 is 11.8 Å². The Balaban J connectivity index is 3.25. The van der Waals surface area contributed by atoms with Gasteiger partial charge in [-0.25, -0.2) is 4.79 Å². The van der Waals surface area contributed by atoms with E-state index in [2.05, 4.69) is 17.2 Å². The molecule has 3 N–H and O–H groups in total. The van der Waals surface area contributed by atoms with Gasteiger partial charge in [0.2, 0.25) is 0 Å². The number of carboxylic acid groups (broad SMARTS) is 1. The van der Waals surface area contributed by atoms with Crippen molar-refractivity contribution in [1.82, 2.24) is 10.6 Å². The Hall–Kier alpha value is -1.17. The minimum Gasteiger partial charge on any atom is -0.481 e. The molecule has 0 bridgehead atoms. The molecule has 0 rings (SSSR count). The minimum absolute atomic E-state index is 0.0569. The number of nitrogens with one attached hydrogen (secondary N) is 2. The van der Waals surface area contributed by atoms with Crippen LogP contribution in [0.4, 0.5) is 4.79 Å². The van der Waals surface area contributed by atoms with E-state index in [9.17, 15) is 9.59 Å². The zero-order chi connectivity index (χ0) is 11.5. The van der Waals surface area contributed by atoms with Crippen LogP contribution in [0.5, 0.6) is 0 Å². The van der Waals surface area contributed by atoms with Crippen LogP contribution in [0.3, 0.4) is 0 Å². The van der Waals surface area contributed by atoms with E-state index < -0.39 is 5.97 Å². The molecule has 0 aliphatic rings. The standard InChI is InChI=1S/C9H16N2O3S/c1-2-6-15-7-5-11-9(14)10-4-3-8(12)13/h2H,1,3-7H2,(H,12,13)(H2,10,11,14). The van der Waals surface area contributed by atoms with Gasteiger partial charge in [0.15, 0.2) is 0 Å². The van der Waals surface area contributed by atoms with Crippen molar-refractivity contribution in [3.63, 3.8) is 0 Å². The molecule has 0 aromatic carbocycles. The van der Waals surface area contributed by atoms with E-state index in [4.69, 9.17) is 5.11 Å². The van der Waals surface area contributed by atoms with Gasteiger partial charge in [-0.1, -0.05) is 6.08 Å². The lowest BCUT2D eigenvalue weighted by molar-refractivity contribution is -0.136. The predicted octanol–water partition coefficient (Wildman–Crippen LogP) is 0.679. The first-order valence-electron chi connectivity index (χ1n) is 4.59. The van der Waals surface area contributed by atoms with Gasteiger partial charge in [-0.2, -0.15) is 11.8 Å². The molecule has 0 aliphatic carbocycles. The van der Waals surface area contributed by atoms with Gasteiger partial charge in [0.1, 0.15) is 0 Å². The summed E-state index contributed by atoms with van der Waals surface area (Å²) in [5.41, 5.74) is 0. The van der Waals surface area contributed by atoms with Crippen molar-refractivity contribution in [3.05, 3.63) is 12.7 Å². The maximum Gasteiger partial charge on any atom is 0.314 e. The van der Waals surface area contributed by atoms with Crippen molar-refractivity contribution < 1.29 is 14.7 Å². The Morgan fingerprint density at radius 1 is 1.33 bits per heavy atom. The summed E-state index contributed by atoms with van der Waals surface area (Å²) in [4.78, 5) is 21.1. The van der Waals surface area contributed by atoms with E-state index in [0.717, 1.165) is 11.5 Å². The summed E-state index contributed by atoms with van der Waals surface area (Å²) >= 11 is 1.67. The summed E-state index contributed by atoms with van der Waals surface area (Å²) in [5.74, 6) is 0.762. The molecule has 5 nitrogen and oxygen atoms in total. The molecule has 0 saturated carbocycles. The van der Waals surface area contributed by atoms with Gasteiger partial charge >= 0.3 is 12.0 Å². The molecular formula is C9H16N2O3S. The number of aliphatic carboxylic acids is 1. The van der Waals surface area contributed by atoms with Crippen LogP contribution < -0.4 is 10.6 Å². The topological polar surface area (TPSA) is 78.4 Å². The van der Waals surface area contributed by atoms with E-state index in [1.165, 1.54) is 0 Å². The normalized spacial score (nSPS) is 9.33. The van der Waals surface area contributed by atoms with Crippen molar-refractivity contribution in [1.29, 1.82) is 0 Å². The number of carbonyl (C=O) groups is 2. The van der Waals surface area contributed by atoms with Crippen LogP contribution in [-0.4, -0.2) is 41.7 Å². The summed E-state index contributed by atoms with van der Waals surface area (Å²) < 4.78 is 0. The fraction of sp³-hybridized carbons (Fsp3) is 0.556. The number of urea groups is 1. The van der Waals surface area contributed by atoms with Crippen molar-refractivity contribution in [2.75, 3.05) is 24.6 Å². The van der Waals surface area contributed by atoms with Gasteiger partial charge in [-0.3, -0.25) is 4.79 Å². The molecule has 0 radical (unpaired) electrons. The van der Waals surface area contributed by atoms with Gasteiger partial charge < -0.3 is 15.7 Å². The molecular weight excluding hydrogens is 216 g/mol. The molecule has 0 heterocycles. The number of carboxylic acids is 1. The Labute approximate surface area is 93.3 Å². The summed E-state index contributed by atoms with van der Waals surface area (Å²) in [6, 6.07) is -0.324. The lowest BCUT2D eigenvalue weighted by Crippen LogP contribution is -2.37. The fourth-order valence-electron chi connectivity index (χ4n) is 0.749. The zero-order valence-electron chi connectivity index (χ0n) is 8.49. The minimum atomic E-state index is -0.920. The number of rotatable bonds is 8. The lowest BCUT2D eigenvalue weighted by atomic mass is 10.4. The Morgan fingerprint density at radius 3 is 2.60 bits per heavy atom. The molecule has 15 heavy (non-hydrogen) atoms. The van der Waals surface area contributed by atoms with E-state index in [1.54, 1.807) is 17.8 Å². The predicted molar refractivity (Wildman–Crippen MR) is 61.2 cm³/mol. The van der Waals surface area contributed by atoms with Crippen molar-refractivity contribution in [2.24, 2.45) is 0 Å². The molecule has 6 heteroatoms. The second kappa shape index (κ2) is 9.39. The smallest absolute Gasteiger partial charge is 0.314 e. The average Bonchev–Trinajstić information content (AvgIpc) is 2.17. The highest BCUT2D eigenvalue weighted by atomic mass is 32.2. The van der Waals surface area contributed by atoms with Gasteiger partial charge in [-0.15, -0.1) is 6.58 Å². The quantitative estimate of drug-likeness (QED) is 0.425. The number of hydrogen-bond acceptors (Lipinski definition) is 3. The molecule has 0 fully saturated rings. The van der Waals surface area contributed by atoms with E-state index in [0.29, 0.717) is 6.54 Å². The van der Waals surface area contributed by atoms with Crippen LogP contribution in [0, 0.1) is 0 Å². The zero-order valence-corrected chi connectivity index (χ0v) is 9.31. The molecule has 2 amide bonds. The third-order valence-corrected chi connectivity index (χ3v) is 2.36. The van der Waals surface area contributed by atoms with Crippen LogP contribution in [-0.2, 0) is 4.79 Å². The van der Waals surface area contributed by atoms with Crippen LogP contribution in [0.25, 0.3) is 0 Å². The lowest BCUT2D eigenvalue weighted by Gasteiger charge is -2.05. The van der Waals surface area contributed by atoms with E-state index >= 15 is 0 Å². The van der Waals surface area contributed by atoms with Crippen LogP contribution in [0.1, 0.15) is 6.42 Å². The fourth-order valence-corrected chi connectivity index (χ4v) is 1.33. The van der Waals surface area contributed by atoms with Gasteiger partial charge in [-0.05, 0) is 0 Å². The van der Waals surface area contributed by atoms with Crippen molar-refractivity contribution in [2.45, 2.75) is 6.42 Å². The maximum atomic E-state index is 11.0. The average molecular weight is 232 g/mol. The number of thioether (sulfide) groups is 1. The summed E-state index contributed by atoms with van der Waals surface area (Å²) in [6.07, 6.45) is 1.75. The largest absolute Gasteiger partial charge is 0.481 e. The Morgan fingerprint density at radius 2 is 2.00 bits per heavy atom. The number of hydrogen-bond donors (Lipinski definition) is 3. The van der Waals surface area contributed by atoms with E-state index in [-0.39, 0.29) is 19.0 Å². The first kappa shape index (κ1) is 13.8. The molecule has 0 unspecified atom stereocenters. The SMILES string of the molecule is C=CCSCCNC(=O)NCCC(=O)O. The number of amides is 2. The molecule has 86 valence electrons. The maximum absolute atomic E-state index is 11.0. The van der Waals surface area contributed by atoms with Gasteiger partial charge in [0, 0.05) is 24.6 Å². The second-order valence-corrected chi connectivity index (χ2v) is 3.84. The van der Waals surface area contributed by atoms with Crippen molar-refractivity contribution >= 4 is 23.8 Å². The summed E-state index contributed by atoms with van der Waals surface area (Å²) in [7, 11) is 0. The molecule has 0 atom stereocenters. The molecule has 0 aromatic heterocycles. The highest BCUT2D eigenvalue weighted by molar-refractivity contribution is 7.99. The Kier molecular flexibility index (Phi) is 8.66. The summed E-state index contributed by atoms with van der Waals surface area (Å²) in [6.45, 7) is 4.29. The van der Waals surface area contributed by atoms with Crippen LogP contribution in [0.15, 0.2) is 12.7 Å². The highest BCUT2D eigenvalue weighted by Crippen LogP contribution is 1.96. The second-order valence-electron chi connectivity index (χ2n) is 2.69. The van der Waals surface area contributed by atoms with Crippen LogP contribution in [0.2, 0.25) is 0 Å². The molecule has 0 saturated heterocycles. The molecule has 0 aliphatic heterocycles. The van der Waals surface area contributed by atoms with Crippen molar-refractivity contribution in [3.8, 4) is 0 Å². The Bertz CT molecular complexity index is 221. The van der Waals surface area contributed by atoms with E-state index in [1.807, 2.05) is 0 Å². The third kappa shape index (κ3) is 10.8. The first-order valence-corrected chi connectivity index (χ1v) is 5.74. The highest BCUT2D eigenvalue weighted by Gasteiger charge is 2.00. The molecule has 0 aromatic rings. The monoisotopic (exact) mass is 232 g/mol. The van der Waals surface area contributed by atoms with Gasteiger partial charge in [0.25, 0.3) is 0 Å². The number of carbonyl (C=O) groups excluding carboxylic acids is 1. The molecule has 0 spiro atoms. The summed E-state index contributed by atoms with van der Waals surface area (Å²) in [5, 5.41) is 13.4.